The average molecular weight is 537 g/mol. The van der Waals surface area contributed by atoms with Crippen LogP contribution in [0.25, 0.3) is 22.4 Å². The van der Waals surface area contributed by atoms with E-state index in [1.807, 2.05) is 51.6 Å². The first-order valence-corrected chi connectivity index (χ1v) is 14.4. The maximum Gasteiger partial charge on any atom is 0.494 e. The van der Waals surface area contributed by atoms with E-state index < -0.39 is 24.2 Å². The van der Waals surface area contributed by atoms with Crippen molar-refractivity contribution >= 4 is 24.3 Å². The lowest BCUT2D eigenvalue weighted by Gasteiger charge is -2.32. The number of thioether (sulfide) groups is 1. The zero-order valence-electron chi connectivity index (χ0n) is 22.6. The van der Waals surface area contributed by atoms with Crippen molar-refractivity contribution in [2.75, 3.05) is 19.5 Å². The van der Waals surface area contributed by atoms with Crippen molar-refractivity contribution in [2.24, 2.45) is 0 Å². The predicted octanol–water partition coefficient (Wildman–Crippen LogP) is 6.34. The molecule has 9 heteroatoms. The minimum atomic E-state index is -3.12. The lowest BCUT2D eigenvalue weighted by atomic mass is 9.77. The van der Waals surface area contributed by atoms with E-state index in [2.05, 4.69) is 21.9 Å². The van der Waals surface area contributed by atoms with Crippen LogP contribution < -0.4 is 5.46 Å². The lowest BCUT2D eigenvalue weighted by Crippen LogP contribution is -2.41. The topological polar surface area (TPSA) is 50.4 Å². The molecule has 0 spiro atoms. The van der Waals surface area contributed by atoms with Gasteiger partial charge in [0, 0.05) is 22.6 Å². The smallest absolute Gasteiger partial charge is 0.399 e. The Balaban J connectivity index is 1.28. The van der Waals surface area contributed by atoms with Gasteiger partial charge in [0.05, 0.1) is 28.3 Å². The summed E-state index contributed by atoms with van der Waals surface area (Å²) in [5, 5.41) is 0.278. The fourth-order valence-corrected chi connectivity index (χ4v) is 6.65. The molecule has 2 aromatic carbocycles. The molecule has 1 atom stereocenters. The molecule has 2 saturated heterocycles. The number of imidazole rings is 1. The molecule has 0 saturated carbocycles. The number of fused-ring (bicyclic) bond motifs is 3. The second kappa shape index (κ2) is 9.19. The highest BCUT2D eigenvalue weighted by Crippen LogP contribution is 2.51. The molecule has 2 fully saturated rings. The minimum absolute atomic E-state index is 0.00259. The van der Waals surface area contributed by atoms with Gasteiger partial charge in [0.1, 0.15) is 5.82 Å². The van der Waals surface area contributed by atoms with Crippen LogP contribution in [0.4, 0.5) is 8.78 Å². The van der Waals surface area contributed by atoms with E-state index in [1.165, 1.54) is 6.42 Å². The molecule has 5 nitrogen and oxygen atoms in total. The standard InChI is InChI=1S/C29H34BF2N3O2S/c1-27(2)28(3,4)37-30(36-27)19-10-12-21-20-11-9-18(14-22(20)29(31,32)23(21)15-19)24-16-33-26(34-24)25-8-6-7-13-35(5)17-38-25/h9-12,14-16,25H,6-8,13,17H2,1-5H3,(H,33,34)/t25-/m0/s1. The number of nitrogens with zero attached hydrogens (tertiary/aromatic N) is 2. The molecule has 1 aliphatic carbocycles. The van der Waals surface area contributed by atoms with Crippen molar-refractivity contribution in [1.82, 2.24) is 14.9 Å². The quantitative estimate of drug-likeness (QED) is 0.395. The molecule has 3 aromatic rings. The van der Waals surface area contributed by atoms with E-state index in [-0.39, 0.29) is 16.4 Å². The summed E-state index contributed by atoms with van der Waals surface area (Å²) in [6.07, 6.45) is 5.16. The van der Waals surface area contributed by atoms with Crippen molar-refractivity contribution in [3.8, 4) is 22.4 Å². The third-order valence-corrected chi connectivity index (χ3v) is 9.97. The van der Waals surface area contributed by atoms with E-state index in [9.17, 15) is 0 Å². The molecule has 0 radical (unpaired) electrons. The number of aromatic nitrogens is 2. The molecule has 1 aromatic heterocycles. The highest BCUT2D eigenvalue weighted by molar-refractivity contribution is 7.99. The second-order valence-corrected chi connectivity index (χ2v) is 12.9. The molecule has 200 valence electrons. The summed E-state index contributed by atoms with van der Waals surface area (Å²) in [5.74, 6) is -1.25. The van der Waals surface area contributed by atoms with Crippen LogP contribution in [-0.4, -0.2) is 52.7 Å². The molecule has 6 rings (SSSR count). The van der Waals surface area contributed by atoms with Crippen LogP contribution in [0.2, 0.25) is 0 Å². The average Bonchev–Trinajstić information content (AvgIpc) is 3.49. The number of hydrogen-bond donors (Lipinski definition) is 1. The van der Waals surface area contributed by atoms with Crippen LogP contribution in [-0.2, 0) is 15.2 Å². The Morgan fingerprint density at radius 3 is 2.42 bits per heavy atom. The van der Waals surface area contributed by atoms with Crippen molar-refractivity contribution in [3.05, 3.63) is 59.5 Å². The SMILES string of the molecule is CN1CCCC[C@@H](c2ncc(-c3ccc4c(c3)C(F)(F)c3cc(B5OC(C)(C)C(C)(C)O5)ccc3-4)[nH]2)SC1. The van der Waals surface area contributed by atoms with E-state index in [0.717, 1.165) is 36.8 Å². The molecule has 0 bridgehead atoms. The van der Waals surface area contributed by atoms with Gasteiger partial charge in [0.25, 0.3) is 5.92 Å². The Bertz CT molecular complexity index is 1360. The van der Waals surface area contributed by atoms with Crippen LogP contribution in [0.15, 0.2) is 42.6 Å². The maximum absolute atomic E-state index is 15.9. The van der Waals surface area contributed by atoms with Gasteiger partial charge in [-0.05, 0) is 76.8 Å². The summed E-state index contributed by atoms with van der Waals surface area (Å²) in [4.78, 5) is 10.4. The van der Waals surface area contributed by atoms with Crippen LogP contribution in [0.1, 0.15) is 69.2 Å². The van der Waals surface area contributed by atoms with Gasteiger partial charge in [-0.2, -0.15) is 8.78 Å². The molecular formula is C29H34BF2N3O2S. The van der Waals surface area contributed by atoms with Gasteiger partial charge in [-0.1, -0.05) is 36.8 Å². The van der Waals surface area contributed by atoms with E-state index in [0.29, 0.717) is 22.2 Å². The van der Waals surface area contributed by atoms with Gasteiger partial charge in [0.15, 0.2) is 0 Å². The maximum atomic E-state index is 15.9. The first-order chi connectivity index (χ1) is 18.0. The van der Waals surface area contributed by atoms with Crippen molar-refractivity contribution in [1.29, 1.82) is 0 Å². The lowest BCUT2D eigenvalue weighted by molar-refractivity contribution is 0.00578. The number of H-pyrrole nitrogens is 1. The van der Waals surface area contributed by atoms with Crippen LogP contribution in [0.5, 0.6) is 0 Å². The highest BCUT2D eigenvalue weighted by Gasteiger charge is 2.53. The van der Waals surface area contributed by atoms with Crippen LogP contribution >= 0.6 is 11.8 Å². The van der Waals surface area contributed by atoms with Gasteiger partial charge in [-0.25, -0.2) is 4.98 Å². The monoisotopic (exact) mass is 537 g/mol. The molecule has 2 aliphatic heterocycles. The zero-order valence-corrected chi connectivity index (χ0v) is 23.4. The van der Waals surface area contributed by atoms with Crippen molar-refractivity contribution in [3.63, 3.8) is 0 Å². The summed E-state index contributed by atoms with van der Waals surface area (Å²) in [5.41, 5.74) is 2.15. The van der Waals surface area contributed by atoms with E-state index >= 15 is 8.78 Å². The van der Waals surface area contributed by atoms with Crippen LogP contribution in [0.3, 0.4) is 0 Å². The molecule has 3 heterocycles. The number of halogens is 2. The molecule has 0 unspecified atom stereocenters. The molecule has 3 aliphatic rings. The third kappa shape index (κ3) is 4.32. The molecule has 38 heavy (non-hydrogen) atoms. The fourth-order valence-electron chi connectivity index (χ4n) is 5.47. The zero-order chi connectivity index (χ0) is 26.9. The summed E-state index contributed by atoms with van der Waals surface area (Å²) in [6.45, 7) is 8.96. The number of alkyl halides is 2. The second-order valence-electron chi connectivity index (χ2n) is 11.8. The first-order valence-electron chi connectivity index (χ1n) is 13.3. The summed E-state index contributed by atoms with van der Waals surface area (Å²) >= 11 is 1.88. The van der Waals surface area contributed by atoms with E-state index in [1.54, 1.807) is 30.5 Å². The van der Waals surface area contributed by atoms with Gasteiger partial charge in [-0.15, -0.1) is 11.8 Å². The summed E-state index contributed by atoms with van der Waals surface area (Å²) in [6, 6.07) is 10.5. The normalized spacial score (nSPS) is 24.1. The highest BCUT2D eigenvalue weighted by atomic mass is 32.2. The number of nitrogens with one attached hydrogen (secondary N) is 1. The first kappa shape index (κ1) is 26.0. The number of rotatable bonds is 3. The number of aromatic amines is 1. The van der Waals surface area contributed by atoms with Crippen molar-refractivity contribution < 1.29 is 18.1 Å². The summed E-state index contributed by atoms with van der Waals surface area (Å²) < 4.78 is 44.0. The van der Waals surface area contributed by atoms with Gasteiger partial charge in [0.2, 0.25) is 0 Å². The van der Waals surface area contributed by atoms with Gasteiger partial charge < -0.3 is 14.3 Å². The van der Waals surface area contributed by atoms with Gasteiger partial charge in [-0.3, -0.25) is 4.90 Å². The Hall–Kier alpha value is -2.20. The number of benzene rings is 2. The predicted molar refractivity (Wildman–Crippen MR) is 150 cm³/mol. The third-order valence-electron chi connectivity index (χ3n) is 8.52. The van der Waals surface area contributed by atoms with Gasteiger partial charge >= 0.3 is 7.12 Å². The Labute approximate surface area is 227 Å². The Morgan fingerprint density at radius 2 is 1.68 bits per heavy atom. The molecular weight excluding hydrogens is 503 g/mol. The Morgan fingerprint density at radius 1 is 1.00 bits per heavy atom. The fraction of sp³-hybridized carbons (Fsp3) is 0.483. The largest absolute Gasteiger partial charge is 0.494 e. The Kier molecular flexibility index (Phi) is 6.30. The molecule has 1 N–H and O–H groups in total. The van der Waals surface area contributed by atoms with E-state index in [4.69, 9.17) is 9.31 Å². The van der Waals surface area contributed by atoms with Crippen LogP contribution in [0, 0.1) is 0 Å². The summed E-state index contributed by atoms with van der Waals surface area (Å²) in [7, 11) is 1.46. The molecule has 0 amide bonds. The van der Waals surface area contributed by atoms with Crippen molar-refractivity contribution in [2.45, 2.75) is 69.3 Å². The number of hydrogen-bond acceptors (Lipinski definition) is 5. The minimum Gasteiger partial charge on any atom is -0.399 e.